The molecule has 0 saturated carbocycles. The maximum Gasteiger partial charge on any atom is 0.0479 e. The largest absolute Gasteiger partial charge is 0.380 e. The fourth-order valence-electron chi connectivity index (χ4n) is 1.61. The second-order valence-electron chi connectivity index (χ2n) is 3.95. The molecule has 2 aromatic carbocycles. The minimum absolute atomic E-state index is 0.724. The van der Waals surface area contributed by atoms with Gasteiger partial charge in [-0.3, -0.25) is 0 Å². The number of hydrogen-bond donors (Lipinski definition) is 1. The van der Waals surface area contributed by atoms with Gasteiger partial charge in [-0.15, -0.1) is 0 Å². The fraction of sp³-hybridized carbons (Fsp3) is 0.0667. The predicted octanol–water partition coefficient (Wildman–Crippen LogP) is 5.07. The van der Waals surface area contributed by atoms with Crippen molar-refractivity contribution in [1.82, 2.24) is 0 Å². The first-order chi connectivity index (χ1) is 8.66. The Kier molecular flexibility index (Phi) is 4.66. The molecule has 0 fully saturated rings. The highest BCUT2D eigenvalue weighted by Crippen LogP contribution is 2.23. The third-order valence-electron chi connectivity index (χ3n) is 2.61. The molecule has 0 aliphatic rings. The lowest BCUT2D eigenvalue weighted by atomic mass is 10.1. The Hall–Kier alpha value is -1.00. The van der Waals surface area contributed by atoms with E-state index in [1.54, 1.807) is 0 Å². The van der Waals surface area contributed by atoms with Gasteiger partial charge in [-0.05, 0) is 51.9 Å². The zero-order valence-electron chi connectivity index (χ0n) is 9.79. The standard InChI is InChI=1S/C15H13ClIN/c1-11(12-5-3-2-4-6-12)10-18-15-8-7-13(16)9-14(15)17/h2-9,18H,1,10H2. The third-order valence-corrected chi connectivity index (χ3v) is 3.73. The van der Waals surface area contributed by atoms with Gasteiger partial charge in [0.2, 0.25) is 0 Å². The van der Waals surface area contributed by atoms with Crippen LogP contribution >= 0.6 is 34.2 Å². The molecule has 2 aromatic rings. The molecule has 92 valence electrons. The molecule has 0 amide bonds. The van der Waals surface area contributed by atoms with Crippen molar-refractivity contribution < 1.29 is 0 Å². The molecular formula is C15H13ClIN. The molecule has 0 heterocycles. The van der Waals surface area contributed by atoms with Crippen LogP contribution in [0.25, 0.3) is 5.57 Å². The smallest absolute Gasteiger partial charge is 0.0479 e. The average molecular weight is 370 g/mol. The number of nitrogens with one attached hydrogen (secondary N) is 1. The summed E-state index contributed by atoms with van der Waals surface area (Å²) in [4.78, 5) is 0. The molecule has 0 unspecified atom stereocenters. The minimum atomic E-state index is 0.724. The Morgan fingerprint density at radius 3 is 2.56 bits per heavy atom. The molecule has 0 spiro atoms. The van der Waals surface area contributed by atoms with Gasteiger partial charge in [0.25, 0.3) is 0 Å². The van der Waals surface area contributed by atoms with Gasteiger partial charge in [0.15, 0.2) is 0 Å². The van der Waals surface area contributed by atoms with Crippen LogP contribution in [0, 0.1) is 3.57 Å². The fourth-order valence-corrected chi connectivity index (χ4v) is 2.67. The Bertz CT molecular complexity index is 552. The summed E-state index contributed by atoms with van der Waals surface area (Å²) in [7, 11) is 0. The van der Waals surface area contributed by atoms with E-state index in [0.717, 1.165) is 32.0 Å². The van der Waals surface area contributed by atoms with E-state index < -0.39 is 0 Å². The lowest BCUT2D eigenvalue weighted by Gasteiger charge is -2.11. The molecule has 0 saturated heterocycles. The SMILES string of the molecule is C=C(CNc1ccc(Cl)cc1I)c1ccccc1. The maximum absolute atomic E-state index is 5.93. The van der Waals surface area contributed by atoms with E-state index >= 15 is 0 Å². The summed E-state index contributed by atoms with van der Waals surface area (Å²) in [6.45, 7) is 4.82. The topological polar surface area (TPSA) is 12.0 Å². The molecule has 1 N–H and O–H groups in total. The van der Waals surface area contributed by atoms with Crippen molar-refractivity contribution in [3.05, 3.63) is 69.3 Å². The van der Waals surface area contributed by atoms with Crippen LogP contribution < -0.4 is 5.32 Å². The van der Waals surface area contributed by atoms with Crippen molar-refractivity contribution in [2.24, 2.45) is 0 Å². The first kappa shape index (κ1) is 13.4. The van der Waals surface area contributed by atoms with E-state index in [2.05, 4.69) is 46.6 Å². The van der Waals surface area contributed by atoms with Gasteiger partial charge >= 0.3 is 0 Å². The molecule has 0 bridgehead atoms. The molecular weight excluding hydrogens is 357 g/mol. The summed E-state index contributed by atoms with van der Waals surface area (Å²) in [5.41, 5.74) is 3.31. The number of benzene rings is 2. The molecule has 0 aliphatic carbocycles. The van der Waals surface area contributed by atoms with Gasteiger partial charge in [-0.25, -0.2) is 0 Å². The summed E-state index contributed by atoms with van der Waals surface area (Å²) in [5, 5.41) is 4.13. The Labute approximate surface area is 126 Å². The number of halogens is 2. The molecule has 0 atom stereocenters. The lowest BCUT2D eigenvalue weighted by Crippen LogP contribution is -2.04. The van der Waals surface area contributed by atoms with Crippen molar-refractivity contribution in [1.29, 1.82) is 0 Å². The molecule has 0 aliphatic heterocycles. The lowest BCUT2D eigenvalue weighted by molar-refractivity contribution is 1.33. The van der Waals surface area contributed by atoms with Crippen molar-refractivity contribution >= 4 is 45.5 Å². The average Bonchev–Trinajstić information content (AvgIpc) is 2.38. The van der Waals surface area contributed by atoms with Crippen LogP contribution in [0.1, 0.15) is 5.56 Å². The Morgan fingerprint density at radius 1 is 1.17 bits per heavy atom. The van der Waals surface area contributed by atoms with Crippen LogP contribution in [-0.4, -0.2) is 6.54 Å². The van der Waals surface area contributed by atoms with Gasteiger partial charge in [-0.1, -0.05) is 48.5 Å². The third kappa shape index (κ3) is 3.50. The van der Waals surface area contributed by atoms with Crippen molar-refractivity contribution in [2.45, 2.75) is 0 Å². The monoisotopic (exact) mass is 369 g/mol. The van der Waals surface area contributed by atoms with Crippen molar-refractivity contribution in [3.63, 3.8) is 0 Å². The van der Waals surface area contributed by atoms with E-state index in [1.165, 1.54) is 0 Å². The highest BCUT2D eigenvalue weighted by Gasteiger charge is 2.02. The van der Waals surface area contributed by atoms with Crippen LogP contribution in [0.2, 0.25) is 5.02 Å². The zero-order chi connectivity index (χ0) is 13.0. The quantitative estimate of drug-likeness (QED) is 0.742. The Balaban J connectivity index is 2.02. The summed E-state index contributed by atoms with van der Waals surface area (Å²) in [6, 6.07) is 16.0. The van der Waals surface area contributed by atoms with Crippen LogP contribution in [0.4, 0.5) is 5.69 Å². The van der Waals surface area contributed by atoms with Crippen molar-refractivity contribution in [2.75, 3.05) is 11.9 Å². The number of anilines is 1. The zero-order valence-corrected chi connectivity index (χ0v) is 12.7. The first-order valence-electron chi connectivity index (χ1n) is 5.59. The number of hydrogen-bond acceptors (Lipinski definition) is 1. The summed E-state index contributed by atoms with van der Waals surface area (Å²) in [5.74, 6) is 0. The highest BCUT2D eigenvalue weighted by molar-refractivity contribution is 14.1. The number of rotatable bonds is 4. The van der Waals surface area contributed by atoms with E-state index in [9.17, 15) is 0 Å². The van der Waals surface area contributed by atoms with Gasteiger partial charge < -0.3 is 5.32 Å². The first-order valence-corrected chi connectivity index (χ1v) is 7.04. The summed E-state index contributed by atoms with van der Waals surface area (Å²) < 4.78 is 1.11. The summed E-state index contributed by atoms with van der Waals surface area (Å²) in [6.07, 6.45) is 0. The Morgan fingerprint density at radius 2 is 1.89 bits per heavy atom. The molecule has 3 heteroatoms. The molecule has 1 nitrogen and oxygen atoms in total. The second kappa shape index (κ2) is 6.25. The molecule has 2 rings (SSSR count). The minimum Gasteiger partial charge on any atom is -0.380 e. The van der Waals surface area contributed by atoms with Gasteiger partial charge in [0.1, 0.15) is 0 Å². The maximum atomic E-state index is 5.93. The van der Waals surface area contributed by atoms with E-state index in [-0.39, 0.29) is 0 Å². The predicted molar refractivity (Wildman–Crippen MR) is 88.1 cm³/mol. The van der Waals surface area contributed by atoms with Crippen LogP contribution in [0.3, 0.4) is 0 Å². The van der Waals surface area contributed by atoms with Gasteiger partial charge in [0.05, 0.1) is 0 Å². The van der Waals surface area contributed by atoms with Crippen molar-refractivity contribution in [3.8, 4) is 0 Å². The van der Waals surface area contributed by atoms with Gasteiger partial charge in [0, 0.05) is 20.8 Å². The van der Waals surface area contributed by atoms with Crippen LogP contribution in [0.5, 0.6) is 0 Å². The van der Waals surface area contributed by atoms with Crippen LogP contribution in [-0.2, 0) is 0 Å². The second-order valence-corrected chi connectivity index (χ2v) is 5.55. The van der Waals surface area contributed by atoms with E-state index in [1.807, 2.05) is 36.4 Å². The van der Waals surface area contributed by atoms with E-state index in [4.69, 9.17) is 11.6 Å². The normalized spacial score (nSPS) is 10.1. The summed E-state index contributed by atoms with van der Waals surface area (Å²) >= 11 is 8.20. The van der Waals surface area contributed by atoms with E-state index in [0.29, 0.717) is 0 Å². The van der Waals surface area contributed by atoms with Gasteiger partial charge in [-0.2, -0.15) is 0 Å². The van der Waals surface area contributed by atoms with Crippen LogP contribution in [0.15, 0.2) is 55.1 Å². The molecule has 18 heavy (non-hydrogen) atoms. The highest BCUT2D eigenvalue weighted by atomic mass is 127. The molecule has 0 aromatic heterocycles. The molecule has 0 radical (unpaired) electrons.